The van der Waals surface area contributed by atoms with E-state index in [1.165, 1.54) is 18.1 Å². The lowest BCUT2D eigenvalue weighted by Gasteiger charge is -2.27. The van der Waals surface area contributed by atoms with Crippen LogP contribution >= 0.6 is 0 Å². The second-order valence-corrected chi connectivity index (χ2v) is 6.23. The molecule has 1 aromatic rings. The Balaban J connectivity index is 2.13. The molecule has 6 heteroatoms. The number of rotatable bonds is 8. The van der Waals surface area contributed by atoms with Crippen LogP contribution in [0, 0.1) is 5.92 Å². The van der Waals surface area contributed by atoms with Crippen LogP contribution in [0.1, 0.15) is 27.2 Å². The van der Waals surface area contributed by atoms with Crippen molar-refractivity contribution in [3.05, 3.63) is 36.1 Å². The summed E-state index contributed by atoms with van der Waals surface area (Å²) >= 11 is 0. The molecular weight excluding hydrogens is 322 g/mol. The molecule has 1 amide bonds. The summed E-state index contributed by atoms with van der Waals surface area (Å²) in [5, 5.41) is 0. The largest absolute Gasteiger partial charge is 0.490 e. The second-order valence-electron chi connectivity index (χ2n) is 6.23. The molecule has 0 saturated heterocycles. The van der Waals surface area contributed by atoms with Crippen LogP contribution in [0.25, 0.3) is 0 Å². The number of methoxy groups -OCH3 is 1. The summed E-state index contributed by atoms with van der Waals surface area (Å²) in [6, 6.07) is 6.67. The quantitative estimate of drug-likeness (QED) is 0.677. The molecule has 0 bridgehead atoms. The van der Waals surface area contributed by atoms with Crippen molar-refractivity contribution in [3.63, 3.8) is 0 Å². The number of hydrogen-bond donors (Lipinski definition) is 0. The van der Waals surface area contributed by atoms with Gasteiger partial charge in [-0.05, 0) is 31.4 Å². The molecule has 1 heterocycles. The van der Waals surface area contributed by atoms with Crippen molar-refractivity contribution in [2.24, 2.45) is 5.92 Å². The third-order valence-electron chi connectivity index (χ3n) is 3.83. The monoisotopic (exact) mass is 347 g/mol. The Morgan fingerprint density at radius 1 is 1.24 bits per heavy atom. The number of nitrogens with zero attached hydrogens (tertiary/aromatic N) is 1. The van der Waals surface area contributed by atoms with Gasteiger partial charge >= 0.3 is 5.97 Å². The lowest BCUT2D eigenvalue weighted by molar-refractivity contribution is -0.151. The lowest BCUT2D eigenvalue weighted by Crippen LogP contribution is -2.44. The average molecular weight is 347 g/mol. The molecular formula is C19H25NO5. The summed E-state index contributed by atoms with van der Waals surface area (Å²) in [5.41, 5.74) is 0. The van der Waals surface area contributed by atoms with Gasteiger partial charge in [0.15, 0.2) is 11.5 Å². The average Bonchev–Trinajstić information content (AvgIpc) is 2.94. The normalized spacial score (nSPS) is 15.2. The molecule has 0 aromatic heterocycles. The first-order valence-electron chi connectivity index (χ1n) is 8.44. The van der Waals surface area contributed by atoms with Crippen molar-refractivity contribution < 1.29 is 23.8 Å². The predicted molar refractivity (Wildman–Crippen MR) is 93.3 cm³/mol. The Hall–Kier alpha value is -2.50. The van der Waals surface area contributed by atoms with E-state index in [1.54, 1.807) is 6.07 Å². The van der Waals surface area contributed by atoms with Gasteiger partial charge in [0.05, 0.1) is 20.3 Å². The van der Waals surface area contributed by atoms with Crippen LogP contribution < -0.4 is 9.47 Å². The Kier molecular flexibility index (Phi) is 6.44. The molecule has 1 aliphatic rings. The van der Waals surface area contributed by atoms with Crippen molar-refractivity contribution in [2.75, 3.05) is 20.3 Å². The highest BCUT2D eigenvalue weighted by atomic mass is 16.5. The molecule has 0 aliphatic carbocycles. The smallest absolute Gasteiger partial charge is 0.328 e. The van der Waals surface area contributed by atoms with Crippen molar-refractivity contribution in [1.82, 2.24) is 4.90 Å². The van der Waals surface area contributed by atoms with E-state index in [0.29, 0.717) is 30.3 Å². The van der Waals surface area contributed by atoms with Crippen LogP contribution in [-0.2, 0) is 14.3 Å². The number of carbonyl (C=O) groups is 2. The number of ether oxygens (including phenoxy) is 3. The number of amides is 1. The summed E-state index contributed by atoms with van der Waals surface area (Å²) < 4.78 is 16.2. The van der Waals surface area contributed by atoms with E-state index in [2.05, 4.69) is 0 Å². The summed E-state index contributed by atoms with van der Waals surface area (Å²) in [5.74, 6) is 1.23. The Morgan fingerprint density at radius 3 is 2.52 bits per heavy atom. The van der Waals surface area contributed by atoms with E-state index in [-0.39, 0.29) is 18.4 Å². The standard InChI is InChI=1S/C19H25NO5/c1-5-24-16-8-6-7-9-17(16)25-14-11-18(21)20(12-14)15(10-13(2)3)19(22)23-4/h6-9,11,13,15H,5,10,12H2,1-4H3/t15-/m0/s1. The van der Waals surface area contributed by atoms with E-state index in [9.17, 15) is 9.59 Å². The van der Waals surface area contributed by atoms with Gasteiger partial charge in [0, 0.05) is 6.08 Å². The highest BCUT2D eigenvalue weighted by molar-refractivity contribution is 5.94. The number of benzene rings is 1. The minimum absolute atomic E-state index is 0.228. The molecule has 1 aliphatic heterocycles. The van der Waals surface area contributed by atoms with Crippen LogP contribution in [0.2, 0.25) is 0 Å². The van der Waals surface area contributed by atoms with E-state index >= 15 is 0 Å². The van der Waals surface area contributed by atoms with Gasteiger partial charge in [0.1, 0.15) is 11.8 Å². The SMILES string of the molecule is CCOc1ccccc1OC1=CC(=O)N([C@@H](CC(C)C)C(=O)OC)C1. The van der Waals surface area contributed by atoms with Crippen LogP contribution in [0.4, 0.5) is 0 Å². The van der Waals surface area contributed by atoms with Gasteiger partial charge in [-0.2, -0.15) is 0 Å². The van der Waals surface area contributed by atoms with Crippen molar-refractivity contribution in [3.8, 4) is 11.5 Å². The fourth-order valence-corrected chi connectivity index (χ4v) is 2.72. The van der Waals surface area contributed by atoms with Crippen molar-refractivity contribution >= 4 is 11.9 Å². The zero-order valence-corrected chi connectivity index (χ0v) is 15.2. The number of para-hydroxylation sites is 2. The first-order valence-corrected chi connectivity index (χ1v) is 8.44. The molecule has 0 saturated carbocycles. The van der Waals surface area contributed by atoms with Gasteiger partial charge in [-0.15, -0.1) is 0 Å². The van der Waals surface area contributed by atoms with Crippen molar-refractivity contribution in [1.29, 1.82) is 0 Å². The van der Waals surface area contributed by atoms with Crippen LogP contribution in [0.15, 0.2) is 36.1 Å². The topological polar surface area (TPSA) is 65.1 Å². The molecule has 25 heavy (non-hydrogen) atoms. The molecule has 0 fully saturated rings. The molecule has 0 radical (unpaired) electrons. The van der Waals surface area contributed by atoms with Gasteiger partial charge < -0.3 is 19.1 Å². The summed E-state index contributed by atoms with van der Waals surface area (Å²) in [4.78, 5) is 25.9. The summed E-state index contributed by atoms with van der Waals surface area (Å²) in [6.45, 7) is 6.64. The predicted octanol–water partition coefficient (Wildman–Crippen LogP) is 2.78. The van der Waals surface area contributed by atoms with E-state index in [4.69, 9.17) is 14.2 Å². The lowest BCUT2D eigenvalue weighted by atomic mass is 10.0. The van der Waals surface area contributed by atoms with E-state index in [1.807, 2.05) is 39.0 Å². The van der Waals surface area contributed by atoms with Gasteiger partial charge in [0.25, 0.3) is 5.91 Å². The molecule has 0 unspecified atom stereocenters. The maximum Gasteiger partial charge on any atom is 0.328 e. The Morgan fingerprint density at radius 2 is 1.92 bits per heavy atom. The first kappa shape index (κ1) is 18.8. The Labute approximate surface area is 148 Å². The molecule has 2 rings (SSSR count). The molecule has 6 nitrogen and oxygen atoms in total. The summed E-state index contributed by atoms with van der Waals surface area (Å²) in [6.07, 6.45) is 1.95. The van der Waals surface area contributed by atoms with E-state index in [0.717, 1.165) is 0 Å². The third kappa shape index (κ3) is 4.75. The molecule has 136 valence electrons. The van der Waals surface area contributed by atoms with Crippen LogP contribution in [-0.4, -0.2) is 43.1 Å². The van der Waals surface area contributed by atoms with E-state index < -0.39 is 12.0 Å². The number of hydrogen-bond acceptors (Lipinski definition) is 5. The zero-order valence-electron chi connectivity index (χ0n) is 15.2. The highest BCUT2D eigenvalue weighted by Gasteiger charge is 2.35. The fraction of sp³-hybridized carbons (Fsp3) is 0.474. The highest BCUT2D eigenvalue weighted by Crippen LogP contribution is 2.30. The molecule has 0 spiro atoms. The molecule has 1 aromatic carbocycles. The number of esters is 1. The third-order valence-corrected chi connectivity index (χ3v) is 3.83. The second kappa shape index (κ2) is 8.55. The van der Waals surface area contributed by atoms with Gasteiger partial charge in [-0.3, -0.25) is 4.79 Å². The van der Waals surface area contributed by atoms with Gasteiger partial charge in [-0.25, -0.2) is 4.79 Å². The summed E-state index contributed by atoms with van der Waals surface area (Å²) in [7, 11) is 1.33. The van der Waals surface area contributed by atoms with Gasteiger partial charge in [-0.1, -0.05) is 26.0 Å². The Bertz CT molecular complexity index is 653. The molecule has 1 atom stereocenters. The maximum absolute atomic E-state index is 12.4. The van der Waals surface area contributed by atoms with Gasteiger partial charge in [0.2, 0.25) is 0 Å². The molecule has 0 N–H and O–H groups in total. The number of carbonyl (C=O) groups excluding carboxylic acids is 2. The minimum Gasteiger partial charge on any atom is -0.490 e. The van der Waals surface area contributed by atoms with Crippen LogP contribution in [0.5, 0.6) is 11.5 Å². The minimum atomic E-state index is -0.614. The fourth-order valence-electron chi connectivity index (χ4n) is 2.72. The maximum atomic E-state index is 12.4. The zero-order chi connectivity index (χ0) is 18.4. The van der Waals surface area contributed by atoms with Crippen LogP contribution in [0.3, 0.4) is 0 Å². The first-order chi connectivity index (χ1) is 12.0. The van der Waals surface area contributed by atoms with Crippen molar-refractivity contribution in [2.45, 2.75) is 33.2 Å².